The van der Waals surface area contributed by atoms with Gasteiger partial charge in [-0.3, -0.25) is 0 Å². The van der Waals surface area contributed by atoms with Crippen LogP contribution >= 0.6 is 0 Å². The number of aliphatic hydroxyl groups is 1. The first-order chi connectivity index (χ1) is 12.9. The van der Waals surface area contributed by atoms with Crippen molar-refractivity contribution in [1.29, 1.82) is 0 Å². The Morgan fingerprint density at radius 1 is 0.643 bits per heavy atom. The fraction of sp³-hybridized carbons (Fsp3) is 1.00. The first-order valence-corrected chi connectivity index (χ1v) is 13.0. The van der Waals surface area contributed by atoms with Gasteiger partial charge in [-0.1, -0.05) is 117 Å². The van der Waals surface area contributed by atoms with Gasteiger partial charge < -0.3 is 9.66 Å². The van der Waals surface area contributed by atoms with E-state index in [2.05, 4.69) is 6.92 Å². The van der Waals surface area contributed by atoms with Crippen molar-refractivity contribution in [2.75, 3.05) is 0 Å². The molecule has 0 amide bonds. The van der Waals surface area contributed by atoms with Crippen LogP contribution in [0.4, 0.5) is 0 Å². The summed E-state index contributed by atoms with van der Waals surface area (Å²) < 4.78 is 33.6. The van der Waals surface area contributed by atoms with E-state index in [0.29, 0.717) is 12.8 Å². The molecule has 0 aromatic heterocycles. The second-order valence-corrected chi connectivity index (χ2v) is 9.72. The SMILES string of the molecule is CCCCCCCCCCCCCCCCCC(O)C(CCC)S(=O)(=O)[O-].[Na+]. The van der Waals surface area contributed by atoms with Crippen LogP contribution in [-0.4, -0.2) is 29.4 Å². The Hall–Kier alpha value is 0.870. The van der Waals surface area contributed by atoms with E-state index in [1.165, 1.54) is 77.0 Å². The number of hydrogen-bond donors (Lipinski definition) is 1. The van der Waals surface area contributed by atoms with Crippen molar-refractivity contribution >= 4 is 10.1 Å². The van der Waals surface area contributed by atoms with Crippen LogP contribution in [0.5, 0.6) is 0 Å². The summed E-state index contributed by atoms with van der Waals surface area (Å²) >= 11 is 0. The molecule has 0 radical (unpaired) electrons. The molecule has 0 bridgehead atoms. The van der Waals surface area contributed by atoms with Crippen molar-refractivity contribution in [3.63, 3.8) is 0 Å². The van der Waals surface area contributed by atoms with Crippen molar-refractivity contribution in [1.82, 2.24) is 0 Å². The van der Waals surface area contributed by atoms with Gasteiger partial charge in [0.15, 0.2) is 0 Å². The van der Waals surface area contributed by atoms with E-state index in [0.717, 1.165) is 19.3 Å². The smallest absolute Gasteiger partial charge is 0.748 e. The van der Waals surface area contributed by atoms with Crippen LogP contribution in [-0.2, 0) is 10.1 Å². The summed E-state index contributed by atoms with van der Waals surface area (Å²) in [6.45, 7) is 4.09. The molecular formula is C22H45NaO4S. The molecular weight excluding hydrogens is 383 g/mol. The first kappa shape index (κ1) is 31.1. The first-order valence-electron chi connectivity index (χ1n) is 11.6. The zero-order valence-electron chi connectivity index (χ0n) is 19.0. The summed E-state index contributed by atoms with van der Waals surface area (Å²) in [7, 11) is -4.40. The van der Waals surface area contributed by atoms with E-state index in [9.17, 15) is 18.1 Å². The van der Waals surface area contributed by atoms with Gasteiger partial charge in [0.05, 0.1) is 11.4 Å². The van der Waals surface area contributed by atoms with E-state index >= 15 is 0 Å². The molecule has 0 saturated carbocycles. The fourth-order valence-electron chi connectivity index (χ4n) is 3.72. The molecule has 0 fully saturated rings. The van der Waals surface area contributed by atoms with E-state index in [1.807, 2.05) is 6.92 Å². The van der Waals surface area contributed by atoms with Crippen LogP contribution in [0.3, 0.4) is 0 Å². The zero-order valence-corrected chi connectivity index (χ0v) is 21.8. The minimum Gasteiger partial charge on any atom is -0.748 e. The van der Waals surface area contributed by atoms with Crippen molar-refractivity contribution in [2.45, 2.75) is 141 Å². The Kier molecular flexibility index (Phi) is 23.4. The number of hydrogen-bond acceptors (Lipinski definition) is 4. The van der Waals surface area contributed by atoms with Gasteiger partial charge in [-0.05, 0) is 12.8 Å². The number of rotatable bonds is 20. The van der Waals surface area contributed by atoms with Gasteiger partial charge >= 0.3 is 29.6 Å². The molecule has 0 heterocycles. The van der Waals surface area contributed by atoms with Gasteiger partial charge in [0.2, 0.25) is 0 Å². The summed E-state index contributed by atoms with van der Waals surface area (Å²) in [5.41, 5.74) is 0. The van der Waals surface area contributed by atoms with Gasteiger partial charge in [-0.25, -0.2) is 8.42 Å². The summed E-state index contributed by atoms with van der Waals surface area (Å²) in [4.78, 5) is 0. The van der Waals surface area contributed by atoms with Crippen LogP contribution in [0.2, 0.25) is 0 Å². The van der Waals surface area contributed by atoms with Crippen LogP contribution in [0.15, 0.2) is 0 Å². The van der Waals surface area contributed by atoms with E-state index in [1.54, 1.807) is 0 Å². The largest absolute Gasteiger partial charge is 1.00 e. The predicted octanol–water partition coefficient (Wildman–Crippen LogP) is 3.33. The van der Waals surface area contributed by atoms with Crippen LogP contribution in [0.25, 0.3) is 0 Å². The maximum Gasteiger partial charge on any atom is 1.00 e. The summed E-state index contributed by atoms with van der Waals surface area (Å²) in [5, 5.41) is 8.87. The number of aliphatic hydroxyl groups excluding tert-OH is 1. The standard InChI is InChI=1S/C22H46O4S.Na/c1-3-5-6-7-8-9-10-11-12-13-14-15-16-17-18-20-21(23)22(19-4-2)27(24,25)26;/h21-23H,3-20H2,1-2H3,(H,24,25,26);/q;+1/p-1. The van der Waals surface area contributed by atoms with Gasteiger partial charge in [0.1, 0.15) is 10.1 Å². The van der Waals surface area contributed by atoms with E-state index in [4.69, 9.17) is 0 Å². The molecule has 0 aliphatic rings. The summed E-state index contributed by atoms with van der Waals surface area (Å²) in [6, 6.07) is 0. The van der Waals surface area contributed by atoms with E-state index < -0.39 is 21.5 Å². The van der Waals surface area contributed by atoms with Gasteiger partial charge in [0.25, 0.3) is 0 Å². The molecule has 0 aromatic carbocycles. The predicted molar refractivity (Wildman–Crippen MR) is 114 cm³/mol. The van der Waals surface area contributed by atoms with Gasteiger partial charge in [-0.2, -0.15) is 0 Å². The third-order valence-electron chi connectivity index (χ3n) is 5.48. The second-order valence-electron chi connectivity index (χ2n) is 8.13. The Bertz CT molecular complexity index is 415. The fourth-order valence-corrected chi connectivity index (χ4v) is 4.77. The van der Waals surface area contributed by atoms with Crippen molar-refractivity contribution < 1.29 is 47.6 Å². The Morgan fingerprint density at radius 2 is 1.00 bits per heavy atom. The average molecular weight is 429 g/mol. The molecule has 1 N–H and O–H groups in total. The monoisotopic (exact) mass is 428 g/mol. The second kappa shape index (κ2) is 21.1. The normalized spacial score (nSPS) is 13.9. The van der Waals surface area contributed by atoms with Crippen molar-refractivity contribution in [3.05, 3.63) is 0 Å². The molecule has 0 aromatic rings. The van der Waals surface area contributed by atoms with Crippen LogP contribution < -0.4 is 29.6 Å². The van der Waals surface area contributed by atoms with Gasteiger partial charge in [-0.15, -0.1) is 0 Å². The average Bonchev–Trinajstić information content (AvgIpc) is 2.61. The minimum absolute atomic E-state index is 0. The Labute approximate surface area is 197 Å². The third-order valence-corrected chi connectivity index (χ3v) is 6.77. The molecule has 164 valence electrons. The van der Waals surface area contributed by atoms with Crippen molar-refractivity contribution in [3.8, 4) is 0 Å². The topological polar surface area (TPSA) is 77.4 Å². The molecule has 28 heavy (non-hydrogen) atoms. The summed E-state index contributed by atoms with van der Waals surface area (Å²) in [6.07, 6.45) is 19.4. The Morgan fingerprint density at radius 3 is 1.32 bits per heavy atom. The quantitative estimate of drug-likeness (QED) is 0.183. The van der Waals surface area contributed by atoms with Crippen LogP contribution in [0.1, 0.15) is 129 Å². The third kappa shape index (κ3) is 18.9. The molecule has 4 nitrogen and oxygen atoms in total. The zero-order chi connectivity index (χ0) is 20.4. The molecule has 6 heteroatoms. The summed E-state index contributed by atoms with van der Waals surface area (Å²) in [5.74, 6) is 0. The molecule has 0 aliphatic carbocycles. The number of unbranched alkanes of at least 4 members (excludes halogenated alkanes) is 14. The molecule has 2 atom stereocenters. The Balaban J connectivity index is 0. The molecule has 0 spiro atoms. The molecule has 0 rings (SSSR count). The molecule has 0 aliphatic heterocycles. The van der Waals surface area contributed by atoms with Gasteiger partial charge in [0, 0.05) is 0 Å². The maximum absolute atomic E-state index is 11.2. The van der Waals surface area contributed by atoms with Crippen LogP contribution in [0, 0.1) is 0 Å². The van der Waals surface area contributed by atoms with Crippen molar-refractivity contribution in [2.24, 2.45) is 0 Å². The molecule has 2 unspecified atom stereocenters. The minimum atomic E-state index is -4.40. The van der Waals surface area contributed by atoms with E-state index in [-0.39, 0.29) is 36.0 Å². The maximum atomic E-state index is 11.2. The molecule has 0 saturated heterocycles.